The molecular weight excluding hydrogens is 304 g/mol. The number of hydrogen-bond donors (Lipinski definition) is 0. The van der Waals surface area contributed by atoms with Crippen LogP contribution in [0.4, 0.5) is 4.39 Å². The van der Waals surface area contributed by atoms with Crippen molar-refractivity contribution in [1.29, 1.82) is 0 Å². The molecule has 0 atom stereocenters. The zero-order valence-corrected chi connectivity index (χ0v) is 10.8. The monoisotopic (exact) mass is 317 g/mol. The summed E-state index contributed by atoms with van der Waals surface area (Å²) >= 11 is 2.37. The molecule has 0 saturated carbocycles. The van der Waals surface area contributed by atoms with Crippen LogP contribution in [0.15, 0.2) is 24.4 Å². The zero-order chi connectivity index (χ0) is 10.8. The van der Waals surface area contributed by atoms with Gasteiger partial charge in [-0.1, -0.05) is 22.6 Å². The molecule has 0 aliphatic carbocycles. The molecule has 0 aliphatic heterocycles. The second kappa shape index (κ2) is 4.51. The van der Waals surface area contributed by atoms with E-state index >= 15 is 0 Å². The number of aromatic nitrogens is 1. The molecule has 1 heterocycles. The topological polar surface area (TPSA) is 4.93 Å². The molecule has 2 rings (SSSR count). The summed E-state index contributed by atoms with van der Waals surface area (Å²) in [4.78, 5) is 0. The molecular formula is C12H13FIN. The van der Waals surface area contributed by atoms with Gasteiger partial charge in [0.2, 0.25) is 0 Å². The second-order valence-corrected chi connectivity index (χ2v) is 4.80. The van der Waals surface area contributed by atoms with Gasteiger partial charge in [0, 0.05) is 24.1 Å². The van der Waals surface area contributed by atoms with Crippen LogP contribution in [0.25, 0.3) is 10.9 Å². The summed E-state index contributed by atoms with van der Waals surface area (Å²) in [5.41, 5.74) is 2.36. The SMILES string of the molecule is Cn1cc(CCCI)c2cc(F)ccc21. The Morgan fingerprint density at radius 1 is 1.40 bits per heavy atom. The van der Waals surface area contributed by atoms with E-state index in [9.17, 15) is 4.39 Å². The lowest BCUT2D eigenvalue weighted by Gasteiger charge is -1.97. The number of benzene rings is 1. The van der Waals surface area contributed by atoms with Gasteiger partial charge < -0.3 is 4.57 Å². The molecule has 0 bridgehead atoms. The molecule has 0 N–H and O–H groups in total. The molecule has 2 aromatic rings. The van der Waals surface area contributed by atoms with Gasteiger partial charge in [-0.3, -0.25) is 0 Å². The first-order valence-electron chi connectivity index (χ1n) is 5.02. The van der Waals surface area contributed by atoms with Gasteiger partial charge in [-0.2, -0.15) is 0 Å². The van der Waals surface area contributed by atoms with Gasteiger partial charge >= 0.3 is 0 Å². The number of fused-ring (bicyclic) bond motifs is 1. The predicted octanol–water partition coefficient (Wildman–Crippen LogP) is 3.69. The van der Waals surface area contributed by atoms with Crippen molar-refractivity contribution in [2.45, 2.75) is 12.8 Å². The Morgan fingerprint density at radius 2 is 2.20 bits per heavy atom. The largest absolute Gasteiger partial charge is 0.350 e. The average Bonchev–Trinajstić information content (AvgIpc) is 2.52. The third-order valence-corrected chi connectivity index (χ3v) is 3.38. The Morgan fingerprint density at radius 3 is 2.93 bits per heavy atom. The number of hydrogen-bond acceptors (Lipinski definition) is 0. The summed E-state index contributed by atoms with van der Waals surface area (Å²) in [6, 6.07) is 5.00. The summed E-state index contributed by atoms with van der Waals surface area (Å²) in [7, 11) is 2.01. The Balaban J connectivity index is 2.49. The van der Waals surface area contributed by atoms with Crippen LogP contribution in [0, 0.1) is 5.82 Å². The van der Waals surface area contributed by atoms with Crippen LogP contribution in [0.3, 0.4) is 0 Å². The molecule has 1 nitrogen and oxygen atoms in total. The van der Waals surface area contributed by atoms with Gasteiger partial charge in [-0.15, -0.1) is 0 Å². The van der Waals surface area contributed by atoms with E-state index in [0.717, 1.165) is 28.2 Å². The Kier molecular flexibility index (Phi) is 3.29. The highest BCUT2D eigenvalue weighted by Gasteiger charge is 2.06. The maximum Gasteiger partial charge on any atom is 0.123 e. The smallest absolute Gasteiger partial charge is 0.123 e. The third kappa shape index (κ3) is 2.17. The first-order valence-corrected chi connectivity index (χ1v) is 6.54. The van der Waals surface area contributed by atoms with Crippen LogP contribution in [-0.2, 0) is 13.5 Å². The quantitative estimate of drug-likeness (QED) is 0.601. The second-order valence-electron chi connectivity index (χ2n) is 3.72. The molecule has 0 amide bonds. The van der Waals surface area contributed by atoms with E-state index in [1.54, 1.807) is 6.07 Å². The standard InChI is InChI=1S/C12H13FIN/c1-15-8-9(3-2-6-14)11-7-10(13)4-5-12(11)15/h4-5,7-8H,2-3,6H2,1H3. The summed E-state index contributed by atoms with van der Waals surface area (Å²) in [6.45, 7) is 0. The molecule has 0 unspecified atom stereocenters. The fourth-order valence-corrected chi connectivity index (χ4v) is 2.28. The van der Waals surface area contributed by atoms with E-state index in [2.05, 4.69) is 33.4 Å². The normalized spacial score (nSPS) is 11.1. The number of aryl methyl sites for hydroxylation is 2. The Labute approximate surface area is 102 Å². The van der Waals surface area contributed by atoms with Gasteiger partial charge in [0.25, 0.3) is 0 Å². The fraction of sp³-hybridized carbons (Fsp3) is 0.333. The van der Waals surface area contributed by atoms with Crippen LogP contribution in [-0.4, -0.2) is 8.99 Å². The minimum absolute atomic E-state index is 0.149. The van der Waals surface area contributed by atoms with Crippen LogP contribution < -0.4 is 0 Å². The van der Waals surface area contributed by atoms with Crippen molar-refractivity contribution in [2.24, 2.45) is 7.05 Å². The number of alkyl halides is 1. The zero-order valence-electron chi connectivity index (χ0n) is 8.63. The fourth-order valence-electron chi connectivity index (χ4n) is 1.90. The van der Waals surface area contributed by atoms with E-state index in [1.165, 1.54) is 11.6 Å². The summed E-state index contributed by atoms with van der Waals surface area (Å²) < 4.78 is 16.3. The van der Waals surface area contributed by atoms with Crippen molar-refractivity contribution in [1.82, 2.24) is 4.57 Å². The lowest BCUT2D eigenvalue weighted by molar-refractivity contribution is 0.629. The summed E-state index contributed by atoms with van der Waals surface area (Å²) in [5.74, 6) is -0.149. The lowest BCUT2D eigenvalue weighted by atomic mass is 10.1. The third-order valence-electron chi connectivity index (χ3n) is 2.61. The first kappa shape index (κ1) is 10.9. The molecule has 0 spiro atoms. The number of rotatable bonds is 3. The molecule has 0 aliphatic rings. The summed E-state index contributed by atoms with van der Waals surface area (Å²) in [6.07, 6.45) is 4.29. The Hall–Kier alpha value is -0.580. The van der Waals surface area contributed by atoms with Crippen LogP contribution >= 0.6 is 22.6 Å². The average molecular weight is 317 g/mol. The Bertz CT molecular complexity index is 476. The highest BCUT2D eigenvalue weighted by Crippen LogP contribution is 2.22. The van der Waals surface area contributed by atoms with Crippen LogP contribution in [0.2, 0.25) is 0 Å². The van der Waals surface area contributed by atoms with Crippen molar-refractivity contribution in [3.8, 4) is 0 Å². The molecule has 15 heavy (non-hydrogen) atoms. The molecule has 0 fully saturated rings. The van der Waals surface area contributed by atoms with Crippen LogP contribution in [0.1, 0.15) is 12.0 Å². The number of nitrogens with zero attached hydrogens (tertiary/aromatic N) is 1. The van der Waals surface area contributed by atoms with Gasteiger partial charge in [0.1, 0.15) is 5.82 Å². The minimum atomic E-state index is -0.149. The molecule has 1 aromatic carbocycles. The van der Waals surface area contributed by atoms with E-state index in [0.29, 0.717) is 0 Å². The van der Waals surface area contributed by atoms with E-state index in [-0.39, 0.29) is 5.82 Å². The molecule has 0 radical (unpaired) electrons. The molecule has 80 valence electrons. The maximum atomic E-state index is 13.1. The van der Waals surface area contributed by atoms with Gasteiger partial charge in [0.15, 0.2) is 0 Å². The van der Waals surface area contributed by atoms with Crippen LogP contribution in [0.5, 0.6) is 0 Å². The van der Waals surface area contributed by atoms with E-state index in [4.69, 9.17) is 0 Å². The first-order chi connectivity index (χ1) is 7.22. The lowest BCUT2D eigenvalue weighted by Crippen LogP contribution is -1.84. The van der Waals surface area contributed by atoms with E-state index in [1.807, 2.05) is 13.1 Å². The van der Waals surface area contributed by atoms with E-state index < -0.39 is 0 Å². The highest BCUT2D eigenvalue weighted by atomic mass is 127. The van der Waals surface area contributed by atoms with Crippen molar-refractivity contribution >= 4 is 33.5 Å². The molecule has 1 aromatic heterocycles. The maximum absolute atomic E-state index is 13.1. The molecule has 0 saturated heterocycles. The summed E-state index contributed by atoms with van der Waals surface area (Å²) in [5, 5.41) is 1.06. The van der Waals surface area contributed by atoms with Crippen molar-refractivity contribution < 1.29 is 4.39 Å². The predicted molar refractivity (Wildman–Crippen MR) is 70.1 cm³/mol. The van der Waals surface area contributed by atoms with Gasteiger partial charge in [-0.25, -0.2) is 4.39 Å². The highest BCUT2D eigenvalue weighted by molar-refractivity contribution is 14.1. The molecule has 3 heteroatoms. The minimum Gasteiger partial charge on any atom is -0.350 e. The van der Waals surface area contributed by atoms with Crippen molar-refractivity contribution in [2.75, 3.05) is 4.43 Å². The number of halogens is 2. The van der Waals surface area contributed by atoms with Crippen molar-refractivity contribution in [3.05, 3.63) is 35.8 Å². The van der Waals surface area contributed by atoms with Gasteiger partial charge in [-0.05, 0) is 41.0 Å². The van der Waals surface area contributed by atoms with Crippen molar-refractivity contribution in [3.63, 3.8) is 0 Å². The van der Waals surface area contributed by atoms with Gasteiger partial charge in [0.05, 0.1) is 0 Å².